The summed E-state index contributed by atoms with van der Waals surface area (Å²) in [7, 11) is -0.910. The maximum Gasteiger partial charge on any atom is 0.534 e. The smallest absolute Gasteiger partial charge is 0.444 e. The molecule has 12 atom stereocenters. The van der Waals surface area contributed by atoms with Crippen molar-refractivity contribution in [1.82, 2.24) is 30.0 Å². The molecule has 101 heavy (non-hydrogen) atoms. The van der Waals surface area contributed by atoms with Crippen LogP contribution in [0.25, 0.3) is 0 Å². The highest BCUT2D eigenvalue weighted by Crippen LogP contribution is 2.66. The summed E-state index contributed by atoms with van der Waals surface area (Å²) in [6.07, 6.45) is 5.63. The molecule has 4 bridgehead atoms. The summed E-state index contributed by atoms with van der Waals surface area (Å²) in [5.41, 5.74) is 6.58. The molecule has 548 valence electrons. The average Bonchev–Trinajstić information content (AvgIpc) is 1.65. The molecular weight excluding hydrogens is 1330 g/mol. The first-order chi connectivity index (χ1) is 46.9. The Morgan fingerprint density at radius 1 is 0.663 bits per heavy atom. The largest absolute Gasteiger partial charge is 0.534 e. The van der Waals surface area contributed by atoms with Crippen LogP contribution in [0.15, 0.2) is 84.0 Å². The van der Waals surface area contributed by atoms with Gasteiger partial charge in [-0.3, -0.25) is 33.8 Å². The van der Waals surface area contributed by atoms with Gasteiger partial charge in [-0.1, -0.05) is 93.4 Å². The number of amides is 5. The number of imide groups is 1. The molecule has 29 heteroatoms. The van der Waals surface area contributed by atoms with E-state index in [9.17, 15) is 56.9 Å². The Morgan fingerprint density at radius 2 is 1.09 bits per heavy atom. The van der Waals surface area contributed by atoms with E-state index in [-0.39, 0.29) is 125 Å². The number of hydrogen-bond acceptors (Lipinski definition) is 18. The minimum Gasteiger partial charge on any atom is -0.444 e. The lowest BCUT2D eigenvalue weighted by Gasteiger charge is -2.63. The van der Waals surface area contributed by atoms with Crippen LogP contribution >= 0.6 is 12.4 Å². The molecule has 6 aliphatic carbocycles. The Labute approximate surface area is 596 Å². The van der Waals surface area contributed by atoms with E-state index in [1.165, 1.54) is 38.8 Å². The highest BCUT2D eigenvalue weighted by atomic mass is 35.5. The number of nitriles is 2. The third kappa shape index (κ3) is 16.7. The zero-order valence-electron chi connectivity index (χ0n) is 59.4. The van der Waals surface area contributed by atoms with Gasteiger partial charge in [-0.25, -0.2) is 27.2 Å². The number of alkyl carbamates (subject to hydrolysis) is 1. The molecule has 0 radical (unpaired) electrons. The summed E-state index contributed by atoms with van der Waals surface area (Å²) in [5, 5.41) is 22.6. The van der Waals surface area contributed by atoms with Gasteiger partial charge >= 0.3 is 26.5 Å². The van der Waals surface area contributed by atoms with E-state index in [2.05, 4.69) is 76.0 Å². The van der Waals surface area contributed by atoms with Crippen LogP contribution in [0.5, 0.6) is 0 Å². The normalized spacial score (nSPS) is 31.1. The van der Waals surface area contributed by atoms with Crippen molar-refractivity contribution in [3.05, 3.63) is 95.1 Å². The molecule has 2 aromatic carbocycles. The number of ether oxygens (including phenoxy) is 2. The van der Waals surface area contributed by atoms with Crippen molar-refractivity contribution >= 4 is 62.5 Å². The quantitative estimate of drug-likeness (QED) is 0.0395. The lowest BCUT2D eigenvalue weighted by molar-refractivity contribution is -0.185. The maximum atomic E-state index is 13.8. The predicted octanol–water partition coefficient (Wildman–Crippen LogP) is 9.38. The fourth-order valence-electron chi connectivity index (χ4n) is 17.1. The first-order valence-electron chi connectivity index (χ1n) is 35.2. The molecular formula is C72H96B2ClF4N9O13. The third-order valence-corrected chi connectivity index (χ3v) is 23.5. The van der Waals surface area contributed by atoms with E-state index in [4.69, 9.17) is 33.8 Å². The highest BCUT2D eigenvalue weighted by Gasteiger charge is 2.69. The first-order valence-corrected chi connectivity index (χ1v) is 35.2. The number of rotatable bonds is 16. The van der Waals surface area contributed by atoms with E-state index in [0.717, 1.165) is 37.2 Å². The molecule has 7 saturated heterocycles. The van der Waals surface area contributed by atoms with Gasteiger partial charge in [0.2, 0.25) is 0 Å². The fourth-order valence-corrected chi connectivity index (χ4v) is 17.1. The number of hydroxylamine groups is 2. The first kappa shape index (κ1) is 77.0. The van der Waals surface area contributed by atoms with E-state index < -0.39 is 103 Å². The molecule has 0 spiro atoms. The van der Waals surface area contributed by atoms with Crippen molar-refractivity contribution in [3.8, 4) is 12.1 Å². The number of nitrogens with zero attached hydrogens (tertiary/aromatic N) is 7. The topological polar surface area (TPSA) is 269 Å². The Morgan fingerprint density at radius 3 is 1.51 bits per heavy atom. The monoisotopic (exact) mass is 1430 g/mol. The van der Waals surface area contributed by atoms with Gasteiger partial charge in [0.15, 0.2) is 0 Å². The predicted molar refractivity (Wildman–Crippen MR) is 366 cm³/mol. The van der Waals surface area contributed by atoms with Crippen LogP contribution in [0, 0.1) is 57.2 Å². The van der Waals surface area contributed by atoms with Crippen LogP contribution in [-0.2, 0) is 64.9 Å². The van der Waals surface area contributed by atoms with Crippen molar-refractivity contribution < 1.29 is 79.3 Å². The van der Waals surface area contributed by atoms with Crippen molar-refractivity contribution in [3.63, 3.8) is 0 Å². The molecule has 5 amide bonds. The second-order valence-electron chi connectivity index (χ2n) is 32.1. The Bertz CT molecular complexity index is 3570. The Hall–Kier alpha value is -6.62. The SMILES string of the molecule is CC(C)(C=C(C#N)C(=O)N1CC[C@H](OC(=O)ON2C(=O)CCC2=O)C1)N1CCC(F)(F)C1.CC1(C)[C@H]2C[C@@H]1[C@@H]1OB([C@@H](N)Cc3ccccc3)O[C@]1(C)C2.CC1(C)[C@H]2C[C@@H]1[C@@H]1OB([C@H](Cc3ccccc3)NC(=O)O[C@H]3CCN(C(=O)C(C#N)=CC(C)(C)N4CCC(F)(F)C4)C3)O[C@]1(C)C2.Cl. The molecule has 0 aromatic heterocycles. The van der Waals surface area contributed by atoms with Gasteiger partial charge in [-0.05, 0) is 138 Å². The Kier molecular flexibility index (Phi) is 22.5. The maximum absolute atomic E-state index is 13.8. The van der Waals surface area contributed by atoms with E-state index in [1.54, 1.807) is 32.6 Å². The van der Waals surface area contributed by atoms with Gasteiger partial charge in [0.25, 0.3) is 35.5 Å². The minimum absolute atomic E-state index is 0. The number of benzene rings is 2. The van der Waals surface area contributed by atoms with Crippen molar-refractivity contribution in [2.75, 3.05) is 52.4 Å². The molecule has 7 aliphatic heterocycles. The number of hydrogen-bond donors (Lipinski definition) is 2. The van der Waals surface area contributed by atoms with Crippen LogP contribution in [0.4, 0.5) is 27.2 Å². The second kappa shape index (κ2) is 29.5. The molecule has 13 aliphatic rings. The number of carbonyl (C=O) groups excluding carboxylic acids is 6. The summed E-state index contributed by atoms with van der Waals surface area (Å²) in [6, 6.07) is 24.0. The minimum atomic E-state index is -2.81. The highest BCUT2D eigenvalue weighted by molar-refractivity contribution is 6.48. The van der Waals surface area contributed by atoms with Crippen molar-refractivity contribution in [1.29, 1.82) is 10.5 Å². The van der Waals surface area contributed by atoms with Gasteiger partial charge < -0.3 is 48.9 Å². The molecule has 7 heterocycles. The number of nitrogens with two attached hydrogens (primary N) is 1. The van der Waals surface area contributed by atoms with Gasteiger partial charge in [-0.15, -0.1) is 12.4 Å². The lowest BCUT2D eigenvalue weighted by atomic mass is 9.45. The van der Waals surface area contributed by atoms with Gasteiger partial charge in [0.05, 0.1) is 55.5 Å². The van der Waals surface area contributed by atoms with E-state index in [1.807, 2.05) is 48.5 Å². The number of carbonyl (C=O) groups is 6. The molecule has 2 aromatic rings. The molecule has 3 N–H and O–H groups in total. The molecule has 15 rings (SSSR count). The number of likely N-dealkylation sites (tertiary alicyclic amines) is 4. The Balaban J connectivity index is 0.000000174. The van der Waals surface area contributed by atoms with Crippen LogP contribution in [0.2, 0.25) is 0 Å². The number of halogens is 5. The lowest BCUT2D eigenvalue weighted by Crippen LogP contribution is -2.63. The van der Waals surface area contributed by atoms with Gasteiger partial charge in [0.1, 0.15) is 35.5 Å². The fraction of sp³-hybridized carbons (Fsp3) is 0.667. The second-order valence-corrected chi connectivity index (χ2v) is 32.1. The van der Waals surface area contributed by atoms with E-state index >= 15 is 0 Å². The van der Waals surface area contributed by atoms with Crippen molar-refractivity contribution in [2.45, 2.75) is 217 Å². The summed E-state index contributed by atoms with van der Waals surface area (Å²) < 4.78 is 91.6. The third-order valence-electron chi connectivity index (χ3n) is 23.5. The summed E-state index contributed by atoms with van der Waals surface area (Å²) >= 11 is 0. The van der Waals surface area contributed by atoms with Crippen LogP contribution in [-0.4, -0.2) is 198 Å². The van der Waals surface area contributed by atoms with Crippen LogP contribution in [0.1, 0.15) is 145 Å². The zero-order chi connectivity index (χ0) is 72.3. The molecule has 6 saturated carbocycles. The summed E-state index contributed by atoms with van der Waals surface area (Å²) in [5.74, 6) is -6.20. The van der Waals surface area contributed by atoms with Crippen molar-refractivity contribution in [2.24, 2.45) is 40.2 Å². The molecule has 13 fully saturated rings. The number of nitrogens with one attached hydrogen (secondary N) is 1. The van der Waals surface area contributed by atoms with Gasteiger partial charge in [0, 0.05) is 81.7 Å². The van der Waals surface area contributed by atoms with Gasteiger partial charge in [-0.2, -0.15) is 10.5 Å². The summed E-state index contributed by atoms with van der Waals surface area (Å²) in [6.45, 7) is 20.6. The molecule has 0 unspecified atom stereocenters. The number of alkyl halides is 4. The summed E-state index contributed by atoms with van der Waals surface area (Å²) in [4.78, 5) is 84.8. The van der Waals surface area contributed by atoms with Crippen LogP contribution in [0.3, 0.4) is 0 Å². The molecule has 22 nitrogen and oxygen atoms in total. The standard InChI is InChI=1S/C34H45BF2N4O5.C20H24F2N4O6.C18H26BNO2.ClH/c1-31(2,41-14-12-34(36,37)21-41)17-23(19-38)29(42)40-13-11-25(20-40)44-30(43)39-27(15-22-9-7-6-8-10-22)35-45-28-26-16-24(32(26,3)4)18-33(28,5)46-35;1-19(2,25-8-6-20(21,22)12-25)9-13(10-23)17(29)24-7-5-14(11-24)31-18(30)32-26-15(27)3-4-16(26)28;1-17(2)13-10-14(17)16-18(3,11-13)22-19(21-16)15(20)9-12-7-5-4-6-8-12;/h6-10,17,24-28H,11-16,18,20-21H2,1-5H3,(H,39,43);9,14H,3-8,11-12H2,1-2H3;4-8,13-16H,9-11,20H2,1-3H3;1H/t24-,25-,26+,27-,28-,33+;14-;13-,14+,15-,16-,18+;/m000./s1. The zero-order valence-corrected chi connectivity index (χ0v) is 60.3. The average molecular weight is 1430 g/mol. The van der Waals surface area contributed by atoms with Crippen LogP contribution < -0.4 is 11.1 Å². The van der Waals surface area contributed by atoms with E-state index in [0.29, 0.717) is 47.6 Å².